The summed E-state index contributed by atoms with van der Waals surface area (Å²) >= 11 is 8.38. The van der Waals surface area contributed by atoms with Crippen LogP contribution in [-0.2, 0) is 0 Å². The molecule has 6 rings (SSSR count). The average Bonchev–Trinajstić information content (AvgIpc) is 3.74. The summed E-state index contributed by atoms with van der Waals surface area (Å²) in [5.41, 5.74) is 4.49. The summed E-state index contributed by atoms with van der Waals surface area (Å²) in [6.07, 6.45) is 5.06. The number of aromatic nitrogens is 2. The van der Waals surface area contributed by atoms with Gasteiger partial charge in [0.2, 0.25) is 0 Å². The molecule has 6 nitrogen and oxygen atoms in total. The Balaban J connectivity index is 1.33. The highest BCUT2D eigenvalue weighted by Gasteiger charge is 2.42. The summed E-state index contributed by atoms with van der Waals surface area (Å²) in [5, 5.41) is 8.12. The van der Waals surface area contributed by atoms with Gasteiger partial charge in [0.05, 0.1) is 10.9 Å². The summed E-state index contributed by atoms with van der Waals surface area (Å²) in [4.78, 5) is 21.8. The van der Waals surface area contributed by atoms with Gasteiger partial charge in [-0.3, -0.25) is 4.99 Å². The molecule has 1 aromatic heterocycles. The first-order valence-electron chi connectivity index (χ1n) is 14.2. The molecule has 1 saturated heterocycles. The SMILES string of the molecule is Cc1ccc([Si](O)NCC[C@H]2CC3=C(c4ccn(C(C)F)n4)[C@H](c4ccc(F)cc4Cl)N=C(C4CC=CS4)N3C2)cc1. The largest absolute Gasteiger partial charge is 0.416 e. The van der Waals surface area contributed by atoms with Crippen LogP contribution in [-0.4, -0.2) is 52.9 Å². The fourth-order valence-electron chi connectivity index (χ4n) is 5.85. The van der Waals surface area contributed by atoms with E-state index in [9.17, 15) is 13.6 Å². The number of allylic oxidation sites excluding steroid dienone is 2. The van der Waals surface area contributed by atoms with Crippen molar-refractivity contribution in [1.82, 2.24) is 19.7 Å². The lowest BCUT2D eigenvalue weighted by Crippen LogP contribution is -2.45. The Labute approximate surface area is 256 Å². The van der Waals surface area contributed by atoms with Crippen molar-refractivity contribution in [2.75, 3.05) is 13.1 Å². The van der Waals surface area contributed by atoms with E-state index in [1.807, 2.05) is 37.3 Å². The minimum absolute atomic E-state index is 0.164. The maximum Gasteiger partial charge on any atom is 0.337 e. The van der Waals surface area contributed by atoms with Crippen LogP contribution in [0.4, 0.5) is 8.78 Å². The normalized spacial score (nSPS) is 22.7. The number of alkyl halides is 1. The van der Waals surface area contributed by atoms with Gasteiger partial charge in [-0.05, 0) is 74.4 Å². The fraction of sp³-hybridized carbons (Fsp3) is 0.355. The number of rotatable bonds is 9. The highest BCUT2D eigenvalue weighted by Crippen LogP contribution is 2.48. The molecule has 0 bridgehead atoms. The van der Waals surface area contributed by atoms with Gasteiger partial charge in [-0.25, -0.2) is 13.5 Å². The molecule has 219 valence electrons. The van der Waals surface area contributed by atoms with E-state index in [1.165, 1.54) is 29.3 Å². The van der Waals surface area contributed by atoms with Crippen molar-refractivity contribution in [2.24, 2.45) is 10.9 Å². The molecule has 3 aliphatic heterocycles. The van der Waals surface area contributed by atoms with E-state index in [4.69, 9.17) is 16.6 Å². The van der Waals surface area contributed by atoms with Crippen molar-refractivity contribution in [1.29, 1.82) is 0 Å². The Hall–Kier alpha value is -2.76. The molecular weight excluding hydrogens is 592 g/mol. The summed E-state index contributed by atoms with van der Waals surface area (Å²) in [5.74, 6) is 0.883. The number of thioether (sulfide) groups is 1. The van der Waals surface area contributed by atoms with E-state index in [0.29, 0.717) is 28.7 Å². The third kappa shape index (κ3) is 6.00. The highest BCUT2D eigenvalue weighted by molar-refractivity contribution is 8.03. The van der Waals surface area contributed by atoms with Crippen molar-refractivity contribution in [3.8, 4) is 0 Å². The van der Waals surface area contributed by atoms with E-state index < -0.39 is 27.4 Å². The van der Waals surface area contributed by atoms with Crippen molar-refractivity contribution in [3.05, 3.63) is 99.6 Å². The number of aliphatic imine (C=N–C) groups is 1. The van der Waals surface area contributed by atoms with Crippen molar-refractivity contribution in [3.63, 3.8) is 0 Å². The standard InChI is InChI=1S/C31H33ClF2N5OSSi/c1-19-5-8-23(9-6-19)42(40)35-13-11-21-16-27-29(26-12-14-39(37-26)20(2)33)30(24-10-7-22(34)17-25(24)32)36-31(38(27)18-21)28-4-3-15-41-28/h3,5-10,12,14-15,17,20-21,28,30,35,40H,4,11,13,16,18H2,1-2H3/t20?,21-,28?,30-/m0/s1. The molecular formula is C31H33ClF2N5OSSi. The molecule has 0 aliphatic carbocycles. The number of aryl methyl sites for hydroxylation is 1. The third-order valence-electron chi connectivity index (χ3n) is 8.02. The molecule has 4 atom stereocenters. The Kier molecular flexibility index (Phi) is 8.70. The third-order valence-corrected chi connectivity index (χ3v) is 10.9. The zero-order chi connectivity index (χ0) is 29.4. The van der Waals surface area contributed by atoms with Gasteiger partial charge in [-0.15, -0.1) is 11.8 Å². The Bertz CT molecular complexity index is 1530. The summed E-state index contributed by atoms with van der Waals surface area (Å²) in [6, 6.07) is 13.8. The number of fused-ring (bicyclic) bond motifs is 1. The molecule has 11 heteroatoms. The zero-order valence-electron chi connectivity index (χ0n) is 23.5. The maximum atomic E-state index is 14.2. The number of amidine groups is 1. The second-order valence-corrected chi connectivity index (χ2v) is 14.2. The smallest absolute Gasteiger partial charge is 0.337 e. The lowest BCUT2D eigenvalue weighted by molar-refractivity contribution is 0.245. The molecule has 3 aromatic rings. The van der Waals surface area contributed by atoms with Crippen LogP contribution in [0.5, 0.6) is 0 Å². The van der Waals surface area contributed by atoms with Gasteiger partial charge in [0.25, 0.3) is 0 Å². The van der Waals surface area contributed by atoms with Crippen LogP contribution in [0.3, 0.4) is 0 Å². The minimum atomic E-state index is -1.84. The lowest BCUT2D eigenvalue weighted by atomic mass is 9.91. The molecule has 2 aromatic carbocycles. The Morgan fingerprint density at radius 3 is 2.71 bits per heavy atom. The molecule has 1 radical (unpaired) electrons. The first-order valence-corrected chi connectivity index (χ1v) is 17.0. The molecule has 2 N–H and O–H groups in total. The summed E-state index contributed by atoms with van der Waals surface area (Å²) < 4.78 is 29.6. The van der Waals surface area contributed by atoms with Gasteiger partial charge in [-0.1, -0.05) is 53.6 Å². The van der Waals surface area contributed by atoms with E-state index in [0.717, 1.165) is 48.1 Å². The monoisotopic (exact) mass is 624 g/mol. The van der Waals surface area contributed by atoms with Crippen LogP contribution >= 0.6 is 23.4 Å². The second kappa shape index (κ2) is 12.5. The van der Waals surface area contributed by atoms with Crippen LogP contribution in [0.25, 0.3) is 5.57 Å². The Morgan fingerprint density at radius 2 is 2.02 bits per heavy atom. The maximum absolute atomic E-state index is 14.2. The first kappa shape index (κ1) is 29.3. The average molecular weight is 625 g/mol. The number of nitrogens with one attached hydrogen (secondary N) is 1. The van der Waals surface area contributed by atoms with E-state index >= 15 is 0 Å². The molecule has 0 amide bonds. The van der Waals surface area contributed by atoms with E-state index in [1.54, 1.807) is 24.0 Å². The predicted molar refractivity (Wildman–Crippen MR) is 168 cm³/mol. The highest BCUT2D eigenvalue weighted by atomic mass is 35.5. The van der Waals surface area contributed by atoms with Gasteiger partial charge >= 0.3 is 9.20 Å². The van der Waals surface area contributed by atoms with Crippen LogP contribution in [0.1, 0.15) is 55.3 Å². The number of nitrogens with zero attached hydrogens (tertiary/aromatic N) is 4. The minimum Gasteiger partial charge on any atom is -0.416 e. The number of halogens is 3. The van der Waals surface area contributed by atoms with Crippen LogP contribution in [0.15, 0.2) is 76.9 Å². The number of hydrogen-bond acceptors (Lipinski definition) is 6. The molecule has 3 aliphatic rings. The van der Waals surface area contributed by atoms with Gasteiger partial charge < -0.3 is 14.7 Å². The zero-order valence-corrected chi connectivity index (χ0v) is 26.0. The van der Waals surface area contributed by atoms with Gasteiger partial charge in [0.15, 0.2) is 6.30 Å². The first-order chi connectivity index (χ1) is 20.3. The quantitative estimate of drug-likeness (QED) is 0.284. The lowest BCUT2D eigenvalue weighted by Gasteiger charge is -2.35. The van der Waals surface area contributed by atoms with Crippen LogP contribution in [0.2, 0.25) is 5.02 Å². The molecule has 2 unspecified atom stereocenters. The topological polar surface area (TPSA) is 65.7 Å². The molecule has 4 heterocycles. The molecule has 1 fully saturated rings. The summed E-state index contributed by atoms with van der Waals surface area (Å²) in [6.45, 7) is 4.96. The summed E-state index contributed by atoms with van der Waals surface area (Å²) in [7, 11) is -1.84. The molecule has 42 heavy (non-hydrogen) atoms. The van der Waals surface area contributed by atoms with E-state index in [-0.39, 0.29) is 5.25 Å². The van der Waals surface area contributed by atoms with Crippen LogP contribution < -0.4 is 10.2 Å². The Morgan fingerprint density at radius 1 is 1.21 bits per heavy atom. The molecule has 0 saturated carbocycles. The van der Waals surface area contributed by atoms with Crippen molar-refractivity contribution in [2.45, 2.75) is 50.7 Å². The van der Waals surface area contributed by atoms with Crippen molar-refractivity contribution < 1.29 is 13.6 Å². The van der Waals surface area contributed by atoms with Crippen molar-refractivity contribution >= 4 is 49.2 Å². The molecule has 0 spiro atoms. The van der Waals surface area contributed by atoms with E-state index in [2.05, 4.69) is 26.5 Å². The predicted octanol–water partition coefficient (Wildman–Crippen LogP) is 6.05. The second-order valence-electron chi connectivity index (χ2n) is 11.0. The van der Waals surface area contributed by atoms with Gasteiger partial charge in [0.1, 0.15) is 17.7 Å². The van der Waals surface area contributed by atoms with Gasteiger partial charge in [0, 0.05) is 34.6 Å². The van der Waals surface area contributed by atoms with Gasteiger partial charge in [-0.2, -0.15) is 5.10 Å². The van der Waals surface area contributed by atoms with Crippen LogP contribution in [0, 0.1) is 18.7 Å². The number of benzene rings is 2. The fourth-order valence-corrected chi connectivity index (χ4v) is 8.14. The number of hydrogen-bond donors (Lipinski definition) is 2.